The van der Waals surface area contributed by atoms with Gasteiger partial charge in [-0.2, -0.15) is 5.26 Å². The second kappa shape index (κ2) is 7.61. The number of hydrogen-bond donors (Lipinski definition) is 2. The van der Waals surface area contributed by atoms with Crippen molar-refractivity contribution in [3.05, 3.63) is 63.2 Å². The van der Waals surface area contributed by atoms with E-state index in [0.29, 0.717) is 16.2 Å². The molecule has 0 aliphatic carbocycles. The third-order valence-corrected chi connectivity index (χ3v) is 4.07. The SMILES string of the molecule is Cc1cc(=O)[nH]c(SCC(=O)NCc2ccc(F)cc2)c1C#N. The molecule has 0 aliphatic rings. The molecule has 2 aromatic rings. The average molecular weight is 331 g/mol. The van der Waals surface area contributed by atoms with Crippen LogP contribution in [-0.4, -0.2) is 16.6 Å². The van der Waals surface area contributed by atoms with Crippen LogP contribution in [0, 0.1) is 24.1 Å². The number of halogens is 1. The number of aromatic amines is 1. The van der Waals surface area contributed by atoms with Crippen LogP contribution in [0.25, 0.3) is 0 Å². The predicted molar refractivity (Wildman–Crippen MR) is 85.5 cm³/mol. The number of rotatable bonds is 5. The maximum atomic E-state index is 12.8. The first-order chi connectivity index (χ1) is 11.0. The van der Waals surface area contributed by atoms with Crippen molar-refractivity contribution in [2.45, 2.75) is 18.5 Å². The molecular formula is C16H14FN3O2S. The molecule has 1 aromatic heterocycles. The Labute approximate surface area is 136 Å². The van der Waals surface area contributed by atoms with E-state index >= 15 is 0 Å². The lowest BCUT2D eigenvalue weighted by molar-refractivity contribution is -0.118. The second-order valence-corrected chi connectivity index (χ2v) is 5.81. The summed E-state index contributed by atoms with van der Waals surface area (Å²) in [6.07, 6.45) is 0. The molecule has 0 aliphatic heterocycles. The van der Waals surface area contributed by atoms with Gasteiger partial charge in [-0.15, -0.1) is 0 Å². The Kier molecular flexibility index (Phi) is 5.55. The van der Waals surface area contributed by atoms with Gasteiger partial charge in [-0.3, -0.25) is 9.59 Å². The van der Waals surface area contributed by atoms with Crippen LogP contribution >= 0.6 is 11.8 Å². The summed E-state index contributed by atoms with van der Waals surface area (Å²) >= 11 is 1.10. The molecule has 0 atom stereocenters. The minimum Gasteiger partial charge on any atom is -0.351 e. The highest BCUT2D eigenvalue weighted by molar-refractivity contribution is 8.00. The molecular weight excluding hydrogens is 317 g/mol. The lowest BCUT2D eigenvalue weighted by Gasteiger charge is -2.07. The Morgan fingerprint density at radius 1 is 1.39 bits per heavy atom. The number of aromatic nitrogens is 1. The van der Waals surface area contributed by atoms with Crippen LogP contribution in [0.15, 0.2) is 40.2 Å². The Hall–Kier alpha value is -2.59. The smallest absolute Gasteiger partial charge is 0.249 e. The van der Waals surface area contributed by atoms with Crippen LogP contribution < -0.4 is 10.9 Å². The molecule has 0 spiro atoms. The molecule has 0 fully saturated rings. The quantitative estimate of drug-likeness (QED) is 0.822. The summed E-state index contributed by atoms with van der Waals surface area (Å²) in [5, 5.41) is 12.2. The van der Waals surface area contributed by atoms with Crippen molar-refractivity contribution in [2.75, 3.05) is 5.75 Å². The molecule has 2 N–H and O–H groups in total. The Morgan fingerprint density at radius 3 is 2.74 bits per heavy atom. The summed E-state index contributed by atoms with van der Waals surface area (Å²) in [5.41, 5.74) is 1.41. The standard InChI is InChI=1S/C16H14FN3O2S/c1-10-6-14(21)20-16(13(10)7-18)23-9-15(22)19-8-11-2-4-12(17)5-3-11/h2-6H,8-9H2,1H3,(H,19,22)(H,20,21). The Bertz CT molecular complexity index is 810. The van der Waals surface area contributed by atoms with Crippen LogP contribution in [0.5, 0.6) is 0 Å². The fraction of sp³-hybridized carbons (Fsp3) is 0.188. The fourth-order valence-electron chi connectivity index (χ4n) is 1.90. The summed E-state index contributed by atoms with van der Waals surface area (Å²) in [4.78, 5) is 25.9. The number of pyridine rings is 1. The number of nitrogens with one attached hydrogen (secondary N) is 2. The number of thioether (sulfide) groups is 1. The van der Waals surface area contributed by atoms with Crippen LogP contribution in [0.1, 0.15) is 16.7 Å². The van der Waals surface area contributed by atoms with Gasteiger partial charge in [0, 0.05) is 12.6 Å². The van der Waals surface area contributed by atoms with Crippen LogP contribution in [0.3, 0.4) is 0 Å². The Morgan fingerprint density at radius 2 is 2.09 bits per heavy atom. The van der Waals surface area contributed by atoms with Crippen molar-refractivity contribution in [2.24, 2.45) is 0 Å². The number of carbonyl (C=O) groups is 1. The zero-order valence-electron chi connectivity index (χ0n) is 12.4. The van der Waals surface area contributed by atoms with Gasteiger partial charge in [0.15, 0.2) is 0 Å². The van der Waals surface area contributed by atoms with Crippen molar-refractivity contribution in [1.29, 1.82) is 5.26 Å². The summed E-state index contributed by atoms with van der Waals surface area (Å²) in [7, 11) is 0. The zero-order chi connectivity index (χ0) is 16.8. The fourth-order valence-corrected chi connectivity index (χ4v) is 2.80. The molecule has 1 heterocycles. The van der Waals surface area contributed by atoms with Crippen molar-refractivity contribution in [3.8, 4) is 6.07 Å². The number of hydrogen-bond acceptors (Lipinski definition) is 4. The molecule has 1 amide bonds. The van der Waals surface area contributed by atoms with E-state index in [4.69, 9.17) is 5.26 Å². The maximum absolute atomic E-state index is 12.8. The van der Waals surface area contributed by atoms with Crippen molar-refractivity contribution in [3.63, 3.8) is 0 Å². The number of aryl methyl sites for hydroxylation is 1. The minimum atomic E-state index is -0.330. The molecule has 23 heavy (non-hydrogen) atoms. The van der Waals surface area contributed by atoms with E-state index in [1.165, 1.54) is 18.2 Å². The molecule has 0 bridgehead atoms. The van der Waals surface area contributed by atoms with E-state index < -0.39 is 0 Å². The molecule has 0 radical (unpaired) electrons. The number of benzene rings is 1. The van der Waals surface area contributed by atoms with E-state index in [-0.39, 0.29) is 29.6 Å². The average Bonchev–Trinajstić information content (AvgIpc) is 2.52. The number of nitriles is 1. The number of amides is 1. The largest absolute Gasteiger partial charge is 0.351 e. The number of nitrogens with zero attached hydrogens (tertiary/aromatic N) is 1. The van der Waals surface area contributed by atoms with Gasteiger partial charge in [-0.1, -0.05) is 23.9 Å². The topological polar surface area (TPSA) is 85.8 Å². The summed E-state index contributed by atoms with van der Waals surface area (Å²) in [6, 6.07) is 9.20. The predicted octanol–water partition coefficient (Wildman–Crippen LogP) is 2.10. The van der Waals surface area contributed by atoms with Crippen molar-refractivity contribution in [1.82, 2.24) is 10.3 Å². The van der Waals surface area contributed by atoms with Crippen LogP contribution in [0.2, 0.25) is 0 Å². The highest BCUT2D eigenvalue weighted by Crippen LogP contribution is 2.20. The molecule has 0 unspecified atom stereocenters. The van der Waals surface area contributed by atoms with Gasteiger partial charge in [-0.05, 0) is 30.2 Å². The molecule has 5 nitrogen and oxygen atoms in total. The summed E-state index contributed by atoms with van der Waals surface area (Å²) in [6.45, 7) is 1.96. The van der Waals surface area contributed by atoms with Gasteiger partial charge < -0.3 is 10.3 Å². The van der Waals surface area contributed by atoms with Gasteiger partial charge in [0.1, 0.15) is 11.9 Å². The lowest BCUT2D eigenvalue weighted by Crippen LogP contribution is -2.24. The third-order valence-electron chi connectivity index (χ3n) is 3.07. The van der Waals surface area contributed by atoms with Gasteiger partial charge >= 0.3 is 0 Å². The van der Waals surface area contributed by atoms with E-state index in [1.807, 2.05) is 6.07 Å². The molecule has 2 rings (SSSR count). The first-order valence-corrected chi connectivity index (χ1v) is 7.76. The number of H-pyrrole nitrogens is 1. The summed E-state index contributed by atoms with van der Waals surface area (Å²) in [5.74, 6) is -0.511. The minimum absolute atomic E-state index is 0.0648. The van der Waals surface area contributed by atoms with Crippen molar-refractivity contribution >= 4 is 17.7 Å². The molecule has 118 valence electrons. The normalized spacial score (nSPS) is 10.1. The second-order valence-electron chi connectivity index (χ2n) is 4.82. The first-order valence-electron chi connectivity index (χ1n) is 6.77. The van der Waals surface area contributed by atoms with E-state index in [1.54, 1.807) is 19.1 Å². The molecule has 0 saturated carbocycles. The van der Waals surface area contributed by atoms with E-state index in [2.05, 4.69) is 10.3 Å². The zero-order valence-corrected chi connectivity index (χ0v) is 13.2. The van der Waals surface area contributed by atoms with Crippen molar-refractivity contribution < 1.29 is 9.18 Å². The summed E-state index contributed by atoms with van der Waals surface area (Å²) < 4.78 is 12.8. The molecule has 1 aromatic carbocycles. The number of carbonyl (C=O) groups excluding carboxylic acids is 1. The highest BCUT2D eigenvalue weighted by Gasteiger charge is 2.10. The van der Waals surface area contributed by atoms with Gasteiger partial charge in [0.2, 0.25) is 11.5 Å². The third kappa shape index (κ3) is 4.69. The van der Waals surface area contributed by atoms with E-state index in [9.17, 15) is 14.0 Å². The Balaban J connectivity index is 1.93. The lowest BCUT2D eigenvalue weighted by atomic mass is 10.2. The maximum Gasteiger partial charge on any atom is 0.249 e. The van der Waals surface area contributed by atoms with Gasteiger partial charge in [0.05, 0.1) is 16.3 Å². The van der Waals surface area contributed by atoms with Gasteiger partial charge in [-0.25, -0.2) is 4.39 Å². The highest BCUT2D eigenvalue weighted by atomic mass is 32.2. The first kappa shape index (κ1) is 16.8. The van der Waals surface area contributed by atoms with Crippen LogP contribution in [0.4, 0.5) is 4.39 Å². The van der Waals surface area contributed by atoms with Gasteiger partial charge in [0.25, 0.3) is 0 Å². The van der Waals surface area contributed by atoms with Crippen LogP contribution in [-0.2, 0) is 11.3 Å². The monoisotopic (exact) mass is 331 g/mol. The van der Waals surface area contributed by atoms with E-state index in [0.717, 1.165) is 17.3 Å². The molecule has 0 saturated heterocycles. The molecule has 7 heteroatoms.